The molecule has 0 aromatic heterocycles. The van der Waals surface area contributed by atoms with Gasteiger partial charge in [-0.25, -0.2) is 0 Å². The van der Waals surface area contributed by atoms with Crippen LogP contribution >= 0.6 is 50.7 Å². The van der Waals surface area contributed by atoms with Gasteiger partial charge < -0.3 is 5.32 Å². The molecule has 21 heavy (non-hydrogen) atoms. The summed E-state index contributed by atoms with van der Waals surface area (Å²) < 4.78 is 1.01. The average molecular weight is 408 g/mol. The number of halogens is 4. The van der Waals surface area contributed by atoms with E-state index in [1.54, 1.807) is 0 Å². The molecule has 112 valence electrons. The van der Waals surface area contributed by atoms with E-state index in [1.807, 2.05) is 36.4 Å². The molecule has 2 aromatic carbocycles. The van der Waals surface area contributed by atoms with Gasteiger partial charge in [-0.3, -0.25) is 0 Å². The second-order valence-corrected chi connectivity index (χ2v) is 6.87. The largest absolute Gasteiger partial charge is 0.310 e. The Balaban J connectivity index is 2.30. The van der Waals surface area contributed by atoms with E-state index in [0.29, 0.717) is 10.0 Å². The molecule has 0 aliphatic rings. The van der Waals surface area contributed by atoms with E-state index in [-0.39, 0.29) is 6.04 Å². The van der Waals surface area contributed by atoms with Crippen LogP contribution in [0.5, 0.6) is 0 Å². The molecular weight excluding hydrogens is 392 g/mol. The van der Waals surface area contributed by atoms with Crippen LogP contribution in [0, 0.1) is 0 Å². The van der Waals surface area contributed by atoms with E-state index in [4.69, 9.17) is 34.8 Å². The van der Waals surface area contributed by atoms with Crippen molar-refractivity contribution < 1.29 is 0 Å². The highest BCUT2D eigenvalue weighted by Crippen LogP contribution is 2.30. The van der Waals surface area contributed by atoms with Crippen LogP contribution in [-0.4, -0.2) is 6.54 Å². The van der Waals surface area contributed by atoms with Crippen molar-refractivity contribution in [2.45, 2.75) is 19.4 Å². The van der Waals surface area contributed by atoms with Crippen LogP contribution in [0.15, 0.2) is 40.9 Å². The number of hydrogen-bond donors (Lipinski definition) is 1. The second kappa shape index (κ2) is 7.85. The van der Waals surface area contributed by atoms with Gasteiger partial charge in [0.25, 0.3) is 0 Å². The van der Waals surface area contributed by atoms with Crippen LogP contribution in [0.4, 0.5) is 0 Å². The molecule has 0 fully saturated rings. The molecule has 0 amide bonds. The van der Waals surface area contributed by atoms with Gasteiger partial charge >= 0.3 is 0 Å². The summed E-state index contributed by atoms with van der Waals surface area (Å²) in [6.07, 6.45) is 0.793. The van der Waals surface area contributed by atoms with Gasteiger partial charge in [0.05, 0.1) is 10.0 Å². The summed E-state index contributed by atoms with van der Waals surface area (Å²) >= 11 is 21.9. The Kier molecular flexibility index (Phi) is 6.39. The molecule has 1 N–H and O–H groups in total. The highest BCUT2D eigenvalue weighted by Gasteiger charge is 2.15. The van der Waals surface area contributed by atoms with E-state index in [2.05, 4.69) is 28.2 Å². The topological polar surface area (TPSA) is 12.0 Å². The first-order valence-electron chi connectivity index (χ1n) is 6.63. The maximum absolute atomic E-state index is 6.34. The van der Waals surface area contributed by atoms with Crippen molar-refractivity contribution in [3.05, 3.63) is 67.1 Å². The van der Waals surface area contributed by atoms with Crippen LogP contribution in [0.3, 0.4) is 0 Å². The van der Waals surface area contributed by atoms with Crippen LogP contribution in [0.25, 0.3) is 0 Å². The molecule has 1 nitrogen and oxygen atoms in total. The SMILES string of the molecule is CCNC(Cc1ccc(Cl)c(Cl)c1)c1cc(Br)ccc1Cl. The summed E-state index contributed by atoms with van der Waals surface area (Å²) in [6, 6.07) is 11.7. The quantitative estimate of drug-likeness (QED) is 0.613. The first-order chi connectivity index (χ1) is 10.0. The molecule has 0 bridgehead atoms. The number of benzene rings is 2. The normalized spacial score (nSPS) is 12.4. The lowest BCUT2D eigenvalue weighted by atomic mass is 9.98. The van der Waals surface area contributed by atoms with E-state index in [9.17, 15) is 0 Å². The average Bonchev–Trinajstić information content (AvgIpc) is 2.45. The highest BCUT2D eigenvalue weighted by molar-refractivity contribution is 9.10. The summed E-state index contributed by atoms with van der Waals surface area (Å²) in [5.41, 5.74) is 2.19. The standard InChI is InChI=1S/C16H15BrCl3N/c1-2-21-16(12-9-11(17)4-6-13(12)18)8-10-3-5-14(19)15(20)7-10/h3-7,9,16,21H,2,8H2,1H3. The fourth-order valence-electron chi connectivity index (χ4n) is 2.22. The predicted molar refractivity (Wildman–Crippen MR) is 95.7 cm³/mol. The molecule has 1 unspecified atom stereocenters. The molecular formula is C16H15BrCl3N. The third kappa shape index (κ3) is 4.61. The lowest BCUT2D eigenvalue weighted by molar-refractivity contribution is 0.550. The number of rotatable bonds is 5. The summed E-state index contributed by atoms with van der Waals surface area (Å²) in [6.45, 7) is 2.93. The van der Waals surface area contributed by atoms with E-state index in [1.165, 1.54) is 0 Å². The Labute approximate surface area is 148 Å². The van der Waals surface area contributed by atoms with Crippen molar-refractivity contribution in [3.63, 3.8) is 0 Å². The number of nitrogens with one attached hydrogen (secondary N) is 1. The molecule has 0 heterocycles. The lowest BCUT2D eigenvalue weighted by Crippen LogP contribution is -2.23. The summed E-state index contributed by atoms with van der Waals surface area (Å²) in [5.74, 6) is 0. The minimum absolute atomic E-state index is 0.122. The third-order valence-electron chi connectivity index (χ3n) is 3.21. The Morgan fingerprint density at radius 2 is 1.71 bits per heavy atom. The Bertz CT molecular complexity index is 631. The van der Waals surface area contributed by atoms with Crippen LogP contribution < -0.4 is 5.32 Å². The number of hydrogen-bond acceptors (Lipinski definition) is 1. The van der Waals surface area contributed by atoms with Crippen molar-refractivity contribution in [2.24, 2.45) is 0 Å². The minimum atomic E-state index is 0.122. The van der Waals surface area contributed by atoms with Crippen LogP contribution in [-0.2, 0) is 6.42 Å². The molecule has 1 atom stereocenters. The first kappa shape index (κ1) is 17.1. The molecule has 2 rings (SSSR count). The van der Waals surface area contributed by atoms with Gasteiger partial charge in [-0.1, -0.05) is 63.7 Å². The minimum Gasteiger partial charge on any atom is -0.310 e. The maximum Gasteiger partial charge on any atom is 0.0595 e. The summed E-state index contributed by atoms with van der Waals surface area (Å²) in [4.78, 5) is 0. The lowest BCUT2D eigenvalue weighted by Gasteiger charge is -2.20. The van der Waals surface area contributed by atoms with Crippen molar-refractivity contribution in [1.29, 1.82) is 0 Å². The van der Waals surface area contributed by atoms with Crippen LogP contribution in [0.2, 0.25) is 15.1 Å². The van der Waals surface area contributed by atoms with Gasteiger partial charge in [0.2, 0.25) is 0 Å². The molecule has 0 spiro atoms. The maximum atomic E-state index is 6.34. The Morgan fingerprint density at radius 3 is 2.38 bits per heavy atom. The molecule has 0 aliphatic carbocycles. The number of likely N-dealkylation sites (N-methyl/N-ethyl adjacent to an activating group) is 1. The zero-order valence-corrected chi connectivity index (χ0v) is 15.3. The molecule has 0 saturated carbocycles. The fraction of sp³-hybridized carbons (Fsp3) is 0.250. The molecule has 2 aromatic rings. The van der Waals surface area contributed by atoms with Gasteiger partial charge in [0.1, 0.15) is 0 Å². The Hall–Kier alpha value is -0.250. The molecule has 0 saturated heterocycles. The van der Waals surface area contributed by atoms with Crippen molar-refractivity contribution in [2.75, 3.05) is 6.54 Å². The van der Waals surface area contributed by atoms with Gasteiger partial charge in [0, 0.05) is 15.5 Å². The predicted octanol–water partition coefficient (Wildman–Crippen LogP) is 6.30. The van der Waals surface area contributed by atoms with Crippen molar-refractivity contribution in [1.82, 2.24) is 5.32 Å². The van der Waals surface area contributed by atoms with Crippen molar-refractivity contribution >= 4 is 50.7 Å². The van der Waals surface area contributed by atoms with Crippen LogP contribution in [0.1, 0.15) is 24.1 Å². The molecule has 0 radical (unpaired) electrons. The van der Waals surface area contributed by atoms with Gasteiger partial charge in [-0.15, -0.1) is 0 Å². The fourth-order valence-corrected chi connectivity index (χ4v) is 3.17. The third-order valence-corrected chi connectivity index (χ3v) is 4.78. The van der Waals surface area contributed by atoms with E-state index < -0.39 is 0 Å². The molecule has 5 heteroatoms. The summed E-state index contributed by atoms with van der Waals surface area (Å²) in [7, 11) is 0. The van der Waals surface area contributed by atoms with Gasteiger partial charge in [-0.2, -0.15) is 0 Å². The molecule has 0 aliphatic heterocycles. The van der Waals surface area contributed by atoms with Crippen molar-refractivity contribution in [3.8, 4) is 0 Å². The zero-order valence-electron chi connectivity index (χ0n) is 11.5. The monoisotopic (exact) mass is 405 g/mol. The zero-order chi connectivity index (χ0) is 15.4. The van der Waals surface area contributed by atoms with Gasteiger partial charge in [-0.05, 0) is 54.4 Å². The smallest absolute Gasteiger partial charge is 0.0595 e. The summed E-state index contributed by atoms with van der Waals surface area (Å²) in [5, 5.41) is 5.37. The first-order valence-corrected chi connectivity index (χ1v) is 8.56. The van der Waals surface area contributed by atoms with E-state index in [0.717, 1.165) is 33.6 Å². The van der Waals surface area contributed by atoms with Gasteiger partial charge in [0.15, 0.2) is 0 Å². The second-order valence-electron chi connectivity index (χ2n) is 4.73. The Morgan fingerprint density at radius 1 is 1.00 bits per heavy atom. The highest BCUT2D eigenvalue weighted by atomic mass is 79.9. The van der Waals surface area contributed by atoms with E-state index >= 15 is 0 Å².